The largest absolute Gasteiger partial charge is 0.399 e. The zero-order chi connectivity index (χ0) is 12.3. The van der Waals surface area contributed by atoms with E-state index in [0.29, 0.717) is 0 Å². The molecule has 1 fully saturated rings. The molecule has 4 N–H and O–H groups in total. The van der Waals surface area contributed by atoms with Crippen LogP contribution in [0, 0.1) is 0 Å². The van der Waals surface area contributed by atoms with Gasteiger partial charge in [-0.3, -0.25) is 0 Å². The monoisotopic (exact) mass is 298 g/mol. The summed E-state index contributed by atoms with van der Waals surface area (Å²) in [5.41, 5.74) is 7.31. The van der Waals surface area contributed by atoms with Gasteiger partial charge in [0, 0.05) is 15.8 Å². The molecule has 0 aliphatic heterocycles. The molecule has 0 saturated heterocycles. The number of aliphatic hydroxyl groups is 1. The van der Waals surface area contributed by atoms with E-state index in [1.165, 1.54) is 19.3 Å². The van der Waals surface area contributed by atoms with E-state index in [2.05, 4.69) is 21.2 Å². The van der Waals surface area contributed by atoms with E-state index in [9.17, 15) is 5.11 Å². The Kier molecular flexibility index (Phi) is 3.94. The topological polar surface area (TPSA) is 58.3 Å². The molecule has 94 valence electrons. The molecule has 0 heterocycles. The van der Waals surface area contributed by atoms with Crippen LogP contribution in [0.25, 0.3) is 0 Å². The quantitative estimate of drug-likeness (QED) is 0.752. The van der Waals surface area contributed by atoms with Gasteiger partial charge in [-0.25, -0.2) is 0 Å². The number of halogens is 1. The third kappa shape index (κ3) is 2.93. The molecule has 1 saturated carbocycles. The Hall–Kier alpha value is -0.740. The summed E-state index contributed by atoms with van der Waals surface area (Å²) in [7, 11) is 0. The molecule has 0 atom stereocenters. The number of hydrogen-bond donors (Lipinski definition) is 3. The minimum absolute atomic E-state index is 0.156. The number of rotatable bonds is 3. The summed E-state index contributed by atoms with van der Waals surface area (Å²) in [5.74, 6) is 0. The molecule has 0 aromatic heterocycles. The molecule has 1 aromatic carbocycles. The number of nitrogen functional groups attached to an aromatic ring is 1. The molecule has 0 unspecified atom stereocenters. The van der Waals surface area contributed by atoms with E-state index in [1.54, 1.807) is 0 Å². The van der Waals surface area contributed by atoms with Crippen LogP contribution in [0.3, 0.4) is 0 Å². The third-order valence-electron chi connectivity index (χ3n) is 3.51. The van der Waals surface area contributed by atoms with Gasteiger partial charge in [-0.15, -0.1) is 0 Å². The van der Waals surface area contributed by atoms with Crippen LogP contribution in [0.4, 0.5) is 11.4 Å². The highest BCUT2D eigenvalue weighted by atomic mass is 79.9. The first-order chi connectivity index (χ1) is 8.15. The lowest BCUT2D eigenvalue weighted by Gasteiger charge is -2.37. The highest BCUT2D eigenvalue weighted by molar-refractivity contribution is 9.10. The lowest BCUT2D eigenvalue weighted by molar-refractivity contribution is 0.173. The van der Waals surface area contributed by atoms with Gasteiger partial charge in [0.1, 0.15) is 0 Å². The van der Waals surface area contributed by atoms with Crippen molar-refractivity contribution in [3.8, 4) is 0 Å². The second-order valence-corrected chi connectivity index (χ2v) is 5.72. The van der Waals surface area contributed by atoms with Crippen LogP contribution in [0.1, 0.15) is 32.1 Å². The number of anilines is 2. The maximum Gasteiger partial charge on any atom is 0.0661 e. The van der Waals surface area contributed by atoms with Crippen molar-refractivity contribution in [1.29, 1.82) is 0 Å². The maximum absolute atomic E-state index is 9.65. The number of benzene rings is 1. The SMILES string of the molecule is Nc1ccc(NC2(CO)CCCCC2)c(Br)c1. The summed E-state index contributed by atoms with van der Waals surface area (Å²) in [6.45, 7) is 0.184. The van der Waals surface area contributed by atoms with Gasteiger partial charge in [0.05, 0.1) is 12.1 Å². The Morgan fingerprint density at radius 2 is 2.00 bits per heavy atom. The highest BCUT2D eigenvalue weighted by Crippen LogP contribution is 2.34. The Morgan fingerprint density at radius 1 is 1.29 bits per heavy atom. The van der Waals surface area contributed by atoms with Crippen LogP contribution >= 0.6 is 15.9 Å². The molecule has 4 heteroatoms. The van der Waals surface area contributed by atoms with Crippen LogP contribution in [-0.2, 0) is 0 Å². The van der Waals surface area contributed by atoms with Crippen molar-refractivity contribution in [1.82, 2.24) is 0 Å². The van der Waals surface area contributed by atoms with Gasteiger partial charge in [0.15, 0.2) is 0 Å². The normalized spacial score (nSPS) is 18.9. The summed E-state index contributed by atoms with van der Waals surface area (Å²) < 4.78 is 0.955. The van der Waals surface area contributed by atoms with Gasteiger partial charge < -0.3 is 16.2 Å². The summed E-state index contributed by atoms with van der Waals surface area (Å²) in [4.78, 5) is 0. The van der Waals surface area contributed by atoms with Crippen molar-refractivity contribution in [2.45, 2.75) is 37.6 Å². The smallest absolute Gasteiger partial charge is 0.0661 e. The fourth-order valence-corrected chi connectivity index (χ4v) is 2.97. The second-order valence-electron chi connectivity index (χ2n) is 4.86. The van der Waals surface area contributed by atoms with Crippen molar-refractivity contribution in [2.75, 3.05) is 17.7 Å². The predicted octanol–water partition coefficient (Wildman–Crippen LogP) is 3.14. The molecule has 3 nitrogen and oxygen atoms in total. The summed E-state index contributed by atoms with van der Waals surface area (Å²) in [5, 5.41) is 13.1. The molecule has 17 heavy (non-hydrogen) atoms. The van der Waals surface area contributed by atoms with E-state index in [1.807, 2.05) is 18.2 Å². The van der Waals surface area contributed by atoms with Crippen molar-refractivity contribution in [3.63, 3.8) is 0 Å². The molecule has 0 amide bonds. The molecule has 1 aromatic rings. The van der Waals surface area contributed by atoms with Crippen LogP contribution in [0.5, 0.6) is 0 Å². The molecule has 1 aliphatic carbocycles. The molecule has 0 bridgehead atoms. The summed E-state index contributed by atoms with van der Waals surface area (Å²) in [6.07, 6.45) is 5.69. The number of aliphatic hydroxyl groups excluding tert-OH is 1. The second kappa shape index (κ2) is 5.27. The number of hydrogen-bond acceptors (Lipinski definition) is 3. The lowest BCUT2D eigenvalue weighted by atomic mass is 9.82. The van der Waals surface area contributed by atoms with Gasteiger partial charge in [-0.2, -0.15) is 0 Å². The molecular weight excluding hydrogens is 280 g/mol. The zero-order valence-electron chi connectivity index (χ0n) is 9.88. The first-order valence-corrected chi connectivity index (χ1v) is 6.89. The van der Waals surface area contributed by atoms with Gasteiger partial charge in [-0.1, -0.05) is 19.3 Å². The number of nitrogens with two attached hydrogens (primary N) is 1. The maximum atomic E-state index is 9.65. The molecule has 2 rings (SSSR count). The minimum Gasteiger partial charge on any atom is -0.399 e. The van der Waals surface area contributed by atoms with Crippen molar-refractivity contribution < 1.29 is 5.11 Å². The summed E-state index contributed by atoms with van der Waals surface area (Å²) in [6, 6.07) is 5.72. The van der Waals surface area contributed by atoms with Gasteiger partial charge >= 0.3 is 0 Å². The van der Waals surface area contributed by atoms with Crippen LogP contribution < -0.4 is 11.1 Å². The highest BCUT2D eigenvalue weighted by Gasteiger charge is 2.31. The average Bonchev–Trinajstić information content (AvgIpc) is 2.34. The fraction of sp³-hybridized carbons (Fsp3) is 0.538. The summed E-state index contributed by atoms with van der Waals surface area (Å²) >= 11 is 3.50. The van der Waals surface area contributed by atoms with Gasteiger partial charge in [0.2, 0.25) is 0 Å². The first kappa shape index (κ1) is 12.7. The van der Waals surface area contributed by atoms with Crippen molar-refractivity contribution in [2.24, 2.45) is 0 Å². The van der Waals surface area contributed by atoms with Crippen LogP contribution in [0.2, 0.25) is 0 Å². The van der Waals surface area contributed by atoms with Gasteiger partial charge in [0.25, 0.3) is 0 Å². The Balaban J connectivity index is 2.17. The first-order valence-electron chi connectivity index (χ1n) is 6.09. The van der Waals surface area contributed by atoms with E-state index < -0.39 is 0 Å². The van der Waals surface area contributed by atoms with Gasteiger partial charge in [-0.05, 0) is 47.0 Å². The lowest BCUT2D eigenvalue weighted by Crippen LogP contribution is -2.43. The zero-order valence-corrected chi connectivity index (χ0v) is 11.5. The minimum atomic E-state index is -0.156. The molecule has 0 spiro atoms. The van der Waals surface area contributed by atoms with Crippen LogP contribution in [-0.4, -0.2) is 17.3 Å². The van der Waals surface area contributed by atoms with E-state index in [4.69, 9.17) is 5.73 Å². The van der Waals surface area contributed by atoms with E-state index >= 15 is 0 Å². The van der Waals surface area contributed by atoms with E-state index in [0.717, 1.165) is 28.7 Å². The Labute approximate surface area is 111 Å². The molecular formula is C13H19BrN2O. The Morgan fingerprint density at radius 3 is 2.59 bits per heavy atom. The standard InChI is InChI=1S/C13H19BrN2O/c14-11-8-10(15)4-5-12(11)16-13(9-17)6-2-1-3-7-13/h4-5,8,16-17H,1-3,6-7,9,15H2. The van der Waals surface area contributed by atoms with Crippen LogP contribution in [0.15, 0.2) is 22.7 Å². The predicted molar refractivity (Wildman–Crippen MR) is 75.1 cm³/mol. The van der Waals surface area contributed by atoms with Crippen molar-refractivity contribution >= 4 is 27.3 Å². The number of nitrogens with one attached hydrogen (secondary N) is 1. The van der Waals surface area contributed by atoms with Crippen molar-refractivity contribution in [3.05, 3.63) is 22.7 Å². The third-order valence-corrected chi connectivity index (χ3v) is 4.16. The fourth-order valence-electron chi connectivity index (χ4n) is 2.47. The molecule has 0 radical (unpaired) electrons. The average molecular weight is 299 g/mol. The Bertz CT molecular complexity index is 389. The van der Waals surface area contributed by atoms with E-state index in [-0.39, 0.29) is 12.1 Å². The molecule has 1 aliphatic rings.